The van der Waals surface area contributed by atoms with Crippen molar-refractivity contribution in [1.29, 1.82) is 0 Å². The summed E-state index contributed by atoms with van der Waals surface area (Å²) >= 11 is 5.03. The van der Waals surface area contributed by atoms with E-state index in [1.165, 1.54) is 0 Å². The summed E-state index contributed by atoms with van der Waals surface area (Å²) in [4.78, 5) is 29.6. The van der Waals surface area contributed by atoms with Crippen LogP contribution in [0.4, 0.5) is 16.3 Å². The van der Waals surface area contributed by atoms with Gasteiger partial charge < -0.3 is 19.7 Å². The van der Waals surface area contributed by atoms with Crippen LogP contribution in [-0.4, -0.2) is 48.5 Å². The molecular formula is C17H24N4O4S. The minimum absolute atomic E-state index is 0.0218. The molecule has 1 amide bonds. The molecule has 0 spiro atoms. The van der Waals surface area contributed by atoms with Crippen molar-refractivity contribution in [3.05, 3.63) is 18.3 Å². The Morgan fingerprint density at radius 3 is 2.50 bits per heavy atom. The van der Waals surface area contributed by atoms with Gasteiger partial charge in [-0.1, -0.05) is 0 Å². The molecule has 0 unspecified atom stereocenters. The summed E-state index contributed by atoms with van der Waals surface area (Å²) in [7, 11) is 0. The Morgan fingerprint density at radius 1 is 1.23 bits per heavy atom. The topological polar surface area (TPSA) is 92.8 Å². The van der Waals surface area contributed by atoms with Crippen molar-refractivity contribution in [3.8, 4) is 0 Å². The smallest absolute Gasteiger partial charge is 0.413 e. The fraction of sp³-hybridized carbons (Fsp3) is 0.529. The third-order valence-corrected chi connectivity index (χ3v) is 4.16. The number of amides is 1. The molecular weight excluding hydrogens is 356 g/mol. The van der Waals surface area contributed by atoms with E-state index in [2.05, 4.69) is 20.5 Å². The second-order valence-corrected chi connectivity index (χ2v) is 6.12. The molecule has 1 saturated heterocycles. The first kappa shape index (κ1) is 19.9. The number of carbonyl (C=O) groups excluding carboxylic acids is 2. The van der Waals surface area contributed by atoms with Gasteiger partial charge in [0.15, 0.2) is 5.11 Å². The van der Waals surface area contributed by atoms with Crippen molar-refractivity contribution in [2.75, 3.05) is 36.5 Å². The van der Waals surface area contributed by atoms with Gasteiger partial charge in [-0.3, -0.25) is 10.1 Å². The highest BCUT2D eigenvalue weighted by atomic mass is 32.1. The Labute approximate surface area is 158 Å². The molecule has 1 aromatic rings. The lowest BCUT2D eigenvalue weighted by atomic mass is 9.97. The maximum atomic E-state index is 11.8. The van der Waals surface area contributed by atoms with Gasteiger partial charge in [-0.15, -0.1) is 0 Å². The molecule has 1 fully saturated rings. The van der Waals surface area contributed by atoms with Gasteiger partial charge in [0.25, 0.3) is 0 Å². The third kappa shape index (κ3) is 5.83. The fourth-order valence-corrected chi connectivity index (χ4v) is 2.88. The maximum absolute atomic E-state index is 11.8. The number of nitrogens with zero attached hydrogens (tertiary/aromatic N) is 2. The lowest BCUT2D eigenvalue weighted by molar-refractivity contribution is -0.148. The van der Waals surface area contributed by atoms with E-state index in [0.29, 0.717) is 12.4 Å². The second-order valence-electron chi connectivity index (χ2n) is 5.71. The number of anilines is 2. The number of hydrogen-bond donors (Lipinski definition) is 2. The lowest BCUT2D eigenvalue weighted by Gasteiger charge is -2.32. The number of ether oxygens (including phenoxy) is 2. The van der Waals surface area contributed by atoms with E-state index in [0.717, 1.165) is 31.6 Å². The van der Waals surface area contributed by atoms with Gasteiger partial charge in [-0.2, -0.15) is 0 Å². The fourth-order valence-electron chi connectivity index (χ4n) is 2.69. The number of pyridine rings is 1. The van der Waals surface area contributed by atoms with Crippen LogP contribution in [0.15, 0.2) is 18.3 Å². The maximum Gasteiger partial charge on any atom is 0.413 e. The number of hydrogen-bond acceptors (Lipinski definition) is 7. The first-order valence-corrected chi connectivity index (χ1v) is 9.06. The van der Waals surface area contributed by atoms with E-state index in [9.17, 15) is 9.59 Å². The third-order valence-electron chi connectivity index (χ3n) is 3.96. The molecule has 1 aliphatic rings. The number of rotatable bonds is 5. The van der Waals surface area contributed by atoms with E-state index in [1.807, 2.05) is 13.0 Å². The van der Waals surface area contributed by atoms with Crippen molar-refractivity contribution in [3.63, 3.8) is 0 Å². The zero-order valence-electron chi connectivity index (χ0n) is 15.0. The van der Waals surface area contributed by atoms with Crippen LogP contribution < -0.4 is 15.5 Å². The van der Waals surface area contributed by atoms with Crippen LogP contribution in [-0.2, 0) is 14.3 Å². The molecule has 0 bridgehead atoms. The summed E-state index contributed by atoms with van der Waals surface area (Å²) in [6, 6.07) is 3.71. The molecule has 1 aromatic heterocycles. The van der Waals surface area contributed by atoms with Crippen LogP contribution in [0.3, 0.4) is 0 Å². The molecule has 1 aliphatic heterocycles. The van der Waals surface area contributed by atoms with Crippen LogP contribution in [0, 0.1) is 5.92 Å². The van der Waals surface area contributed by atoms with Gasteiger partial charge in [-0.25, -0.2) is 9.78 Å². The zero-order chi connectivity index (χ0) is 18.9. The summed E-state index contributed by atoms with van der Waals surface area (Å²) in [6.45, 7) is 5.79. The summed E-state index contributed by atoms with van der Waals surface area (Å²) in [5.74, 6) is 0.399. The van der Waals surface area contributed by atoms with Crippen molar-refractivity contribution in [1.82, 2.24) is 10.3 Å². The van der Waals surface area contributed by atoms with Crippen molar-refractivity contribution in [2.24, 2.45) is 5.92 Å². The highest BCUT2D eigenvalue weighted by Gasteiger charge is 2.26. The lowest BCUT2D eigenvalue weighted by Crippen LogP contribution is -2.37. The molecule has 0 aliphatic carbocycles. The van der Waals surface area contributed by atoms with E-state index in [1.54, 1.807) is 19.2 Å². The van der Waals surface area contributed by atoms with Gasteiger partial charge in [0, 0.05) is 13.1 Å². The first-order chi connectivity index (χ1) is 12.5. The summed E-state index contributed by atoms with van der Waals surface area (Å²) in [6.07, 6.45) is 2.67. The average Bonchev–Trinajstić information content (AvgIpc) is 2.63. The molecule has 0 atom stereocenters. The van der Waals surface area contributed by atoms with Gasteiger partial charge in [0.1, 0.15) is 5.82 Å². The minimum atomic E-state index is -0.605. The largest absolute Gasteiger partial charge is 0.466 e. The van der Waals surface area contributed by atoms with Crippen LogP contribution in [0.1, 0.15) is 26.7 Å². The van der Waals surface area contributed by atoms with Gasteiger partial charge in [0.2, 0.25) is 0 Å². The summed E-state index contributed by atoms with van der Waals surface area (Å²) in [5, 5.41) is 5.35. The number of aromatic nitrogens is 1. The molecule has 2 heterocycles. The quantitative estimate of drug-likeness (QED) is 0.594. The summed E-state index contributed by atoms with van der Waals surface area (Å²) < 4.78 is 9.84. The van der Waals surface area contributed by atoms with Crippen LogP contribution in [0.25, 0.3) is 0 Å². The normalized spacial score (nSPS) is 14.5. The Morgan fingerprint density at radius 2 is 1.92 bits per heavy atom. The number of nitrogens with one attached hydrogen (secondary N) is 2. The molecule has 142 valence electrons. The van der Waals surface area contributed by atoms with Gasteiger partial charge in [-0.05, 0) is 51.0 Å². The Kier molecular flexibility index (Phi) is 7.58. The molecule has 0 radical (unpaired) electrons. The minimum Gasteiger partial charge on any atom is -0.466 e. The Balaban J connectivity index is 1.83. The van der Waals surface area contributed by atoms with Crippen molar-refractivity contribution >= 4 is 40.9 Å². The van der Waals surface area contributed by atoms with Gasteiger partial charge in [0.05, 0.1) is 31.0 Å². The predicted molar refractivity (Wildman–Crippen MR) is 102 cm³/mol. The van der Waals surface area contributed by atoms with E-state index in [-0.39, 0.29) is 23.6 Å². The molecule has 26 heavy (non-hydrogen) atoms. The second kappa shape index (κ2) is 9.91. The number of esters is 1. The zero-order valence-corrected chi connectivity index (χ0v) is 15.8. The Bertz CT molecular complexity index is 630. The average molecular weight is 380 g/mol. The molecule has 9 heteroatoms. The van der Waals surface area contributed by atoms with Gasteiger partial charge >= 0.3 is 12.1 Å². The molecule has 2 N–H and O–H groups in total. The van der Waals surface area contributed by atoms with Crippen LogP contribution >= 0.6 is 12.2 Å². The van der Waals surface area contributed by atoms with Crippen molar-refractivity contribution in [2.45, 2.75) is 26.7 Å². The predicted octanol–water partition coefficient (Wildman–Crippen LogP) is 2.30. The number of piperidine rings is 1. The number of carbonyl (C=O) groups is 2. The number of alkyl carbamates (subject to hydrolysis) is 1. The van der Waals surface area contributed by atoms with Crippen molar-refractivity contribution < 1.29 is 19.1 Å². The van der Waals surface area contributed by atoms with Crippen LogP contribution in [0.2, 0.25) is 0 Å². The van der Waals surface area contributed by atoms with E-state index >= 15 is 0 Å². The molecule has 0 aromatic carbocycles. The highest BCUT2D eigenvalue weighted by molar-refractivity contribution is 7.80. The highest BCUT2D eigenvalue weighted by Crippen LogP contribution is 2.24. The van der Waals surface area contributed by atoms with E-state index < -0.39 is 6.09 Å². The monoisotopic (exact) mass is 380 g/mol. The Hall–Kier alpha value is -2.42. The standard InChI is InChI=1S/C17H24N4O4S/c1-3-24-15(22)12-7-9-21(10-8-12)13-5-6-14(18-11-13)19-16(26)20-17(23)25-4-2/h5-6,11-12H,3-4,7-10H2,1-2H3,(H2,18,19,20,23,26). The molecule has 2 rings (SSSR count). The molecule has 0 saturated carbocycles. The van der Waals surface area contributed by atoms with E-state index in [4.69, 9.17) is 21.7 Å². The van der Waals surface area contributed by atoms with Crippen LogP contribution in [0.5, 0.6) is 0 Å². The number of thiocarbonyl (C=S) groups is 1. The molecule has 8 nitrogen and oxygen atoms in total. The summed E-state index contributed by atoms with van der Waals surface area (Å²) in [5.41, 5.74) is 0.974. The first-order valence-electron chi connectivity index (χ1n) is 8.65. The SMILES string of the molecule is CCOC(=O)NC(=S)Nc1ccc(N2CCC(C(=O)OCC)CC2)cn1.